The first-order valence-corrected chi connectivity index (χ1v) is 14.9. The van der Waals surface area contributed by atoms with Gasteiger partial charge in [-0.15, -0.1) is 0 Å². The quantitative estimate of drug-likeness (QED) is 0.200. The molecule has 0 aliphatic carbocycles. The van der Waals surface area contributed by atoms with E-state index in [0.717, 1.165) is 61.3 Å². The van der Waals surface area contributed by atoms with Crippen molar-refractivity contribution in [2.24, 2.45) is 0 Å². The van der Waals surface area contributed by atoms with Crippen LogP contribution in [0, 0.1) is 0 Å². The maximum atomic E-state index is 6.65. The third kappa shape index (κ3) is 4.54. The van der Waals surface area contributed by atoms with E-state index in [-0.39, 0.29) is 0 Å². The van der Waals surface area contributed by atoms with E-state index in [1.165, 1.54) is 11.1 Å². The third-order valence-electron chi connectivity index (χ3n) is 8.29. The van der Waals surface area contributed by atoms with Crippen molar-refractivity contribution >= 4 is 39.0 Å². The van der Waals surface area contributed by atoms with Gasteiger partial charge in [-0.25, -0.2) is 0 Å². The third-order valence-corrected chi connectivity index (χ3v) is 8.29. The van der Waals surface area contributed by atoms with Crippen LogP contribution in [0.3, 0.4) is 0 Å². The van der Waals surface area contributed by atoms with Crippen molar-refractivity contribution in [1.29, 1.82) is 0 Å². The molecule has 0 atom stereocenters. The number of para-hydroxylation sites is 3. The number of rotatable bonds is 6. The monoisotopic (exact) mass is 563 g/mol. The molecule has 1 aromatic heterocycles. The van der Waals surface area contributed by atoms with Crippen LogP contribution in [0.5, 0.6) is 0 Å². The number of nitrogens with zero attached hydrogens (tertiary/aromatic N) is 1. The van der Waals surface area contributed by atoms with Gasteiger partial charge in [-0.2, -0.15) is 0 Å². The molecule has 0 saturated carbocycles. The molecule has 0 unspecified atom stereocenters. The second-order valence-electron chi connectivity index (χ2n) is 10.9. The van der Waals surface area contributed by atoms with Crippen molar-refractivity contribution in [3.8, 4) is 33.4 Å². The van der Waals surface area contributed by atoms with E-state index in [9.17, 15) is 0 Å². The van der Waals surface area contributed by atoms with Crippen molar-refractivity contribution in [3.05, 3.63) is 176 Å². The van der Waals surface area contributed by atoms with Crippen molar-refractivity contribution in [2.75, 3.05) is 4.90 Å². The maximum Gasteiger partial charge on any atom is 0.159 e. The summed E-state index contributed by atoms with van der Waals surface area (Å²) >= 11 is 0. The van der Waals surface area contributed by atoms with Crippen molar-refractivity contribution in [1.82, 2.24) is 0 Å². The molecule has 1 heterocycles. The lowest BCUT2D eigenvalue weighted by Gasteiger charge is -2.30. The summed E-state index contributed by atoms with van der Waals surface area (Å²) in [5.41, 5.74) is 11.9. The van der Waals surface area contributed by atoms with Gasteiger partial charge in [0.1, 0.15) is 5.58 Å². The minimum Gasteiger partial charge on any atom is -0.454 e. The summed E-state index contributed by atoms with van der Waals surface area (Å²) in [7, 11) is 0. The fraction of sp³-hybridized carbons (Fsp3) is 0. The molecule has 0 saturated heterocycles. The summed E-state index contributed by atoms with van der Waals surface area (Å²) in [5, 5.41) is 2.21. The van der Waals surface area contributed by atoms with E-state index in [4.69, 9.17) is 4.42 Å². The number of anilines is 3. The molecule has 2 nitrogen and oxygen atoms in total. The number of hydrogen-bond acceptors (Lipinski definition) is 2. The van der Waals surface area contributed by atoms with Gasteiger partial charge in [0.05, 0.1) is 11.4 Å². The van der Waals surface area contributed by atoms with E-state index in [1.54, 1.807) is 0 Å². The van der Waals surface area contributed by atoms with E-state index in [2.05, 4.69) is 169 Å². The minimum absolute atomic E-state index is 0.864. The summed E-state index contributed by atoms with van der Waals surface area (Å²) in [6.45, 7) is 0. The fourth-order valence-corrected chi connectivity index (χ4v) is 6.22. The minimum atomic E-state index is 0.864. The van der Waals surface area contributed by atoms with Gasteiger partial charge < -0.3 is 9.32 Å². The van der Waals surface area contributed by atoms with Crippen LogP contribution in [0.15, 0.2) is 180 Å². The van der Waals surface area contributed by atoms with Crippen molar-refractivity contribution < 1.29 is 4.42 Å². The van der Waals surface area contributed by atoms with Crippen LogP contribution >= 0.6 is 0 Å². The Kier molecular flexibility index (Phi) is 6.51. The predicted octanol–water partition coefficient (Wildman–Crippen LogP) is 12.1. The summed E-state index contributed by atoms with van der Waals surface area (Å²) in [5.74, 6) is 0. The second-order valence-corrected chi connectivity index (χ2v) is 10.9. The first kappa shape index (κ1) is 25.8. The fourth-order valence-electron chi connectivity index (χ4n) is 6.22. The highest BCUT2D eigenvalue weighted by Gasteiger charge is 2.25. The zero-order valence-electron chi connectivity index (χ0n) is 24.1. The van der Waals surface area contributed by atoms with Crippen LogP contribution < -0.4 is 4.90 Å². The molecule has 2 heteroatoms. The molecule has 7 aromatic carbocycles. The van der Waals surface area contributed by atoms with E-state index in [0.29, 0.717) is 0 Å². The summed E-state index contributed by atoms with van der Waals surface area (Å²) in [6, 6.07) is 62.1. The maximum absolute atomic E-state index is 6.65. The molecule has 44 heavy (non-hydrogen) atoms. The summed E-state index contributed by atoms with van der Waals surface area (Å²) < 4.78 is 6.65. The first-order chi connectivity index (χ1) is 21.8. The molecule has 0 aliphatic rings. The molecular weight excluding hydrogens is 534 g/mol. The average molecular weight is 564 g/mol. The highest BCUT2D eigenvalue weighted by atomic mass is 16.3. The second kappa shape index (κ2) is 11.1. The molecular formula is C42H29NO. The highest BCUT2D eigenvalue weighted by molar-refractivity contribution is 6.11. The Morgan fingerprint density at radius 3 is 1.50 bits per heavy atom. The summed E-state index contributed by atoms with van der Waals surface area (Å²) in [6.07, 6.45) is 0. The predicted molar refractivity (Wildman–Crippen MR) is 185 cm³/mol. The standard InChI is InChI=1S/C42H29NO/c1-4-14-30(15-5-1)31-26-28-34(29-27-31)43(39-24-13-23-38-37-20-10-11-25-40(37)44-42(38)39)41-35(32-16-6-2-7-17-32)21-12-22-36(41)33-18-8-3-9-19-33/h1-29H. The topological polar surface area (TPSA) is 16.4 Å². The van der Waals surface area contributed by atoms with Crippen LogP contribution in [-0.4, -0.2) is 0 Å². The van der Waals surface area contributed by atoms with Gasteiger partial charge >= 0.3 is 0 Å². The zero-order valence-corrected chi connectivity index (χ0v) is 24.1. The molecule has 0 spiro atoms. The Balaban J connectivity index is 1.45. The van der Waals surface area contributed by atoms with Gasteiger partial charge in [-0.3, -0.25) is 0 Å². The number of benzene rings is 7. The van der Waals surface area contributed by atoms with Crippen molar-refractivity contribution in [3.63, 3.8) is 0 Å². The Hall–Kier alpha value is -5.86. The lowest BCUT2D eigenvalue weighted by Crippen LogP contribution is -2.13. The Labute approximate surface area is 257 Å². The Bertz CT molecular complexity index is 2140. The lowest BCUT2D eigenvalue weighted by molar-refractivity contribution is 0.669. The molecule has 0 radical (unpaired) electrons. The van der Waals surface area contributed by atoms with Crippen molar-refractivity contribution in [2.45, 2.75) is 0 Å². The molecule has 8 rings (SSSR count). The van der Waals surface area contributed by atoms with Gasteiger partial charge in [-0.1, -0.05) is 152 Å². The lowest BCUT2D eigenvalue weighted by atomic mass is 9.94. The SMILES string of the molecule is c1ccc(-c2ccc(N(c3c(-c4ccccc4)cccc3-c3ccccc3)c3cccc4c3oc3ccccc34)cc2)cc1. The largest absolute Gasteiger partial charge is 0.454 e. The highest BCUT2D eigenvalue weighted by Crippen LogP contribution is 2.49. The zero-order chi connectivity index (χ0) is 29.3. The van der Waals surface area contributed by atoms with Crippen LogP contribution in [0.1, 0.15) is 0 Å². The molecule has 0 bridgehead atoms. The molecule has 0 aliphatic heterocycles. The molecule has 208 valence electrons. The number of fused-ring (bicyclic) bond motifs is 3. The number of hydrogen-bond donors (Lipinski definition) is 0. The smallest absolute Gasteiger partial charge is 0.159 e. The Morgan fingerprint density at radius 2 is 0.864 bits per heavy atom. The molecule has 0 N–H and O–H groups in total. The van der Waals surface area contributed by atoms with Gasteiger partial charge in [0, 0.05) is 27.6 Å². The van der Waals surface area contributed by atoms with E-state index < -0.39 is 0 Å². The molecule has 8 aromatic rings. The number of furan rings is 1. The van der Waals surface area contributed by atoms with Gasteiger partial charge in [0.25, 0.3) is 0 Å². The average Bonchev–Trinajstić information content (AvgIpc) is 3.49. The van der Waals surface area contributed by atoms with Gasteiger partial charge in [0.2, 0.25) is 0 Å². The Morgan fingerprint density at radius 1 is 0.364 bits per heavy atom. The molecule has 0 fully saturated rings. The normalized spacial score (nSPS) is 11.2. The van der Waals surface area contributed by atoms with Crippen LogP contribution in [0.25, 0.3) is 55.3 Å². The van der Waals surface area contributed by atoms with Crippen LogP contribution in [0.4, 0.5) is 17.1 Å². The summed E-state index contributed by atoms with van der Waals surface area (Å²) in [4.78, 5) is 2.38. The van der Waals surface area contributed by atoms with Gasteiger partial charge in [-0.05, 0) is 46.5 Å². The van der Waals surface area contributed by atoms with E-state index >= 15 is 0 Å². The van der Waals surface area contributed by atoms with E-state index in [1.807, 2.05) is 12.1 Å². The van der Waals surface area contributed by atoms with Gasteiger partial charge in [0.15, 0.2) is 5.58 Å². The van der Waals surface area contributed by atoms with Crippen LogP contribution in [-0.2, 0) is 0 Å². The molecule has 0 amide bonds. The first-order valence-electron chi connectivity index (χ1n) is 14.9. The van der Waals surface area contributed by atoms with Crippen LogP contribution in [0.2, 0.25) is 0 Å².